The molecule has 0 spiro atoms. The molecule has 4 rings (SSSR count). The molecule has 0 aliphatic carbocycles. The zero-order chi connectivity index (χ0) is 22.7. The quantitative estimate of drug-likeness (QED) is 0.394. The van der Waals surface area contributed by atoms with E-state index in [1.807, 2.05) is 30.3 Å². The van der Waals surface area contributed by atoms with Gasteiger partial charge in [-0.25, -0.2) is 8.42 Å². The minimum atomic E-state index is -3.84. The summed E-state index contributed by atoms with van der Waals surface area (Å²) in [6, 6.07) is 17.3. The first kappa shape index (κ1) is 21.6. The molecule has 166 valence electrons. The van der Waals surface area contributed by atoms with Gasteiger partial charge in [0.15, 0.2) is 17.3 Å². The average Bonchev–Trinajstić information content (AvgIpc) is 3.49. The van der Waals surface area contributed by atoms with Crippen molar-refractivity contribution in [3.8, 4) is 34.5 Å². The molecule has 0 amide bonds. The Labute approximate surface area is 185 Å². The Balaban J connectivity index is 1.56. The first-order valence-electron chi connectivity index (χ1n) is 9.59. The van der Waals surface area contributed by atoms with Gasteiger partial charge in [0.2, 0.25) is 10.9 Å². The normalized spacial score (nSPS) is 11.6. The Kier molecular flexibility index (Phi) is 5.97. The summed E-state index contributed by atoms with van der Waals surface area (Å²) < 4.78 is 48.3. The van der Waals surface area contributed by atoms with Gasteiger partial charge in [-0.2, -0.15) is 9.29 Å². The largest absolute Gasteiger partial charge is 0.493 e. The fraction of sp³-hybridized carbons (Fsp3) is 0.182. The molecule has 0 radical (unpaired) electrons. The Bertz CT molecular complexity index is 1310. The van der Waals surface area contributed by atoms with Crippen molar-refractivity contribution in [1.82, 2.24) is 14.4 Å². The van der Waals surface area contributed by atoms with E-state index < -0.39 is 10.0 Å². The molecule has 2 aromatic heterocycles. The van der Waals surface area contributed by atoms with Crippen molar-refractivity contribution in [2.75, 3.05) is 21.3 Å². The van der Waals surface area contributed by atoms with Crippen molar-refractivity contribution in [2.24, 2.45) is 0 Å². The summed E-state index contributed by atoms with van der Waals surface area (Å²) in [6.45, 7) is 0.212. The van der Waals surface area contributed by atoms with Gasteiger partial charge in [0.1, 0.15) is 0 Å². The predicted octanol–water partition coefficient (Wildman–Crippen LogP) is 3.83. The Morgan fingerprint density at radius 3 is 2.44 bits per heavy atom. The van der Waals surface area contributed by atoms with Crippen LogP contribution in [-0.2, 0) is 16.6 Å². The number of benzene rings is 2. The maximum absolute atomic E-state index is 12.9. The molecule has 4 aromatic rings. The molecule has 0 aliphatic heterocycles. The number of hydrogen-bond acceptors (Lipinski definition) is 8. The van der Waals surface area contributed by atoms with Crippen molar-refractivity contribution >= 4 is 10.0 Å². The lowest BCUT2D eigenvalue weighted by Crippen LogP contribution is -2.26. The second-order valence-electron chi connectivity index (χ2n) is 6.86. The molecule has 2 heterocycles. The van der Waals surface area contributed by atoms with Gasteiger partial charge in [-0.15, -0.1) is 0 Å². The van der Waals surface area contributed by atoms with Crippen molar-refractivity contribution in [3.05, 3.63) is 66.2 Å². The highest BCUT2D eigenvalue weighted by Gasteiger charge is 2.26. The molecule has 0 saturated heterocycles. The summed E-state index contributed by atoms with van der Waals surface area (Å²) in [5.41, 5.74) is 1.50. The highest BCUT2D eigenvalue weighted by Crippen LogP contribution is 2.32. The van der Waals surface area contributed by atoms with Gasteiger partial charge in [0.05, 0.1) is 14.2 Å². The van der Waals surface area contributed by atoms with Gasteiger partial charge < -0.3 is 18.4 Å². The molecule has 0 atom stereocenters. The molecular formula is C22H21N3O6S. The summed E-state index contributed by atoms with van der Waals surface area (Å²) in [4.78, 5) is 4.31. The molecular weight excluding hydrogens is 434 g/mol. The van der Waals surface area contributed by atoms with Crippen LogP contribution >= 0.6 is 0 Å². The van der Waals surface area contributed by atoms with Crippen LogP contribution in [-0.4, -0.2) is 44.1 Å². The van der Waals surface area contributed by atoms with Crippen LogP contribution in [0.1, 0.15) is 5.56 Å². The van der Waals surface area contributed by atoms with Crippen LogP contribution in [0.3, 0.4) is 0 Å². The van der Waals surface area contributed by atoms with Gasteiger partial charge in [0, 0.05) is 19.2 Å². The lowest BCUT2D eigenvalue weighted by atomic mass is 10.2. The van der Waals surface area contributed by atoms with Crippen molar-refractivity contribution in [1.29, 1.82) is 0 Å². The van der Waals surface area contributed by atoms with E-state index in [0.29, 0.717) is 22.9 Å². The lowest BCUT2D eigenvalue weighted by Gasteiger charge is -2.15. The summed E-state index contributed by atoms with van der Waals surface area (Å²) in [7, 11) is 0.729. The third-order valence-corrected chi connectivity index (χ3v) is 6.45. The first-order chi connectivity index (χ1) is 15.4. The number of aromatic nitrogens is 2. The SMILES string of the molecule is COc1ccc(-c2noc(-c3ccc(S(=O)(=O)N(C)Cc4ccccc4)o3)n2)cc1OC. The number of furan rings is 1. The minimum absolute atomic E-state index is 0.0574. The molecule has 0 bridgehead atoms. The molecule has 2 aromatic carbocycles. The molecule has 0 fully saturated rings. The van der Waals surface area contributed by atoms with Gasteiger partial charge >= 0.3 is 0 Å². The highest BCUT2D eigenvalue weighted by atomic mass is 32.2. The first-order valence-corrected chi connectivity index (χ1v) is 11.0. The zero-order valence-corrected chi connectivity index (χ0v) is 18.5. The summed E-state index contributed by atoms with van der Waals surface area (Å²) in [5.74, 6) is 1.59. The number of hydrogen-bond donors (Lipinski definition) is 0. The van der Waals surface area contributed by atoms with E-state index in [9.17, 15) is 8.42 Å². The maximum Gasteiger partial charge on any atom is 0.293 e. The summed E-state index contributed by atoms with van der Waals surface area (Å²) >= 11 is 0. The Morgan fingerprint density at radius 1 is 0.969 bits per heavy atom. The van der Waals surface area contributed by atoms with Crippen molar-refractivity contribution in [2.45, 2.75) is 11.6 Å². The highest BCUT2D eigenvalue weighted by molar-refractivity contribution is 7.88. The van der Waals surface area contributed by atoms with Crippen LogP contribution < -0.4 is 9.47 Å². The van der Waals surface area contributed by atoms with E-state index in [1.54, 1.807) is 25.3 Å². The monoisotopic (exact) mass is 455 g/mol. The molecule has 0 unspecified atom stereocenters. The molecule has 0 saturated carbocycles. The van der Waals surface area contributed by atoms with E-state index in [-0.39, 0.29) is 23.3 Å². The van der Waals surface area contributed by atoms with Gasteiger partial charge in [0.25, 0.3) is 15.9 Å². The van der Waals surface area contributed by atoms with Gasteiger partial charge in [-0.1, -0.05) is 35.5 Å². The summed E-state index contributed by atoms with van der Waals surface area (Å²) in [5, 5.41) is 3.74. The standard InChI is InChI=1S/C22H21N3O6S/c1-25(14-15-7-5-4-6-8-15)32(26,27)20-12-11-18(30-20)22-23-21(24-31-22)16-9-10-17(28-2)19(13-16)29-3/h4-13H,14H2,1-3H3. The molecule has 32 heavy (non-hydrogen) atoms. The van der Waals surface area contributed by atoms with Gasteiger partial charge in [-0.05, 0) is 35.9 Å². The van der Waals surface area contributed by atoms with Crippen LogP contribution in [0.2, 0.25) is 0 Å². The minimum Gasteiger partial charge on any atom is -0.493 e. The number of sulfonamides is 1. The predicted molar refractivity (Wildman–Crippen MR) is 116 cm³/mol. The van der Waals surface area contributed by atoms with E-state index in [0.717, 1.165) is 5.56 Å². The fourth-order valence-electron chi connectivity index (χ4n) is 3.07. The third-order valence-electron chi connectivity index (χ3n) is 4.77. The van der Waals surface area contributed by atoms with E-state index >= 15 is 0 Å². The van der Waals surface area contributed by atoms with Crippen LogP contribution in [0.5, 0.6) is 11.5 Å². The Morgan fingerprint density at radius 2 is 1.72 bits per heavy atom. The average molecular weight is 455 g/mol. The number of nitrogens with zero attached hydrogens (tertiary/aromatic N) is 3. The Hall–Kier alpha value is -3.63. The molecule has 0 N–H and O–H groups in total. The molecule has 9 nitrogen and oxygen atoms in total. The topological polar surface area (TPSA) is 108 Å². The van der Waals surface area contributed by atoms with Crippen LogP contribution in [0, 0.1) is 0 Å². The van der Waals surface area contributed by atoms with E-state index in [2.05, 4.69) is 10.1 Å². The number of methoxy groups -OCH3 is 2. The summed E-state index contributed by atoms with van der Waals surface area (Å²) in [6.07, 6.45) is 0. The number of rotatable bonds is 8. The number of ether oxygens (including phenoxy) is 2. The van der Waals surface area contributed by atoms with Crippen molar-refractivity contribution < 1.29 is 26.8 Å². The van der Waals surface area contributed by atoms with E-state index in [1.165, 1.54) is 30.6 Å². The zero-order valence-electron chi connectivity index (χ0n) is 17.7. The second kappa shape index (κ2) is 8.85. The fourth-order valence-corrected chi connectivity index (χ4v) is 4.13. The maximum atomic E-state index is 12.9. The molecule has 0 aliphatic rings. The van der Waals surface area contributed by atoms with Crippen LogP contribution in [0.15, 0.2) is 74.7 Å². The lowest BCUT2D eigenvalue weighted by molar-refractivity contribution is 0.355. The van der Waals surface area contributed by atoms with Gasteiger partial charge in [-0.3, -0.25) is 0 Å². The second-order valence-corrected chi connectivity index (χ2v) is 8.83. The molecule has 10 heteroatoms. The van der Waals surface area contributed by atoms with Crippen LogP contribution in [0.25, 0.3) is 23.0 Å². The van der Waals surface area contributed by atoms with Crippen molar-refractivity contribution in [3.63, 3.8) is 0 Å². The smallest absolute Gasteiger partial charge is 0.293 e. The third kappa shape index (κ3) is 4.23. The van der Waals surface area contributed by atoms with Crippen LogP contribution in [0.4, 0.5) is 0 Å². The van der Waals surface area contributed by atoms with E-state index in [4.69, 9.17) is 18.4 Å².